The number of pyridine rings is 1. The molecule has 0 aromatic carbocycles. The summed E-state index contributed by atoms with van der Waals surface area (Å²) >= 11 is 0. The Morgan fingerprint density at radius 3 is 2.76 bits per heavy atom. The van der Waals surface area contributed by atoms with E-state index in [1.165, 1.54) is 12.8 Å². The number of carbonyl (C=O) groups is 1. The van der Waals surface area contributed by atoms with Crippen molar-refractivity contribution in [2.24, 2.45) is 23.5 Å². The third-order valence-electron chi connectivity index (χ3n) is 5.25. The highest BCUT2D eigenvalue weighted by atomic mass is 16.2. The lowest BCUT2D eigenvalue weighted by molar-refractivity contribution is -0.140. The van der Waals surface area contributed by atoms with Crippen LogP contribution in [0.3, 0.4) is 0 Å². The van der Waals surface area contributed by atoms with Gasteiger partial charge < -0.3 is 10.6 Å². The first-order valence-electron chi connectivity index (χ1n) is 8.03. The molecule has 0 radical (unpaired) electrons. The SMILES string of the molecule is CC(C)N(Cc1cccnc1)C(=O)C1C2CCC(C2)C1N. The summed E-state index contributed by atoms with van der Waals surface area (Å²) in [6.07, 6.45) is 7.13. The zero-order valence-corrected chi connectivity index (χ0v) is 12.9. The van der Waals surface area contributed by atoms with Crippen LogP contribution in [0.25, 0.3) is 0 Å². The lowest BCUT2D eigenvalue weighted by Gasteiger charge is -2.35. The van der Waals surface area contributed by atoms with Crippen molar-refractivity contribution in [3.05, 3.63) is 30.1 Å². The minimum absolute atomic E-state index is 0.0304. The smallest absolute Gasteiger partial charge is 0.228 e. The molecule has 2 aliphatic carbocycles. The van der Waals surface area contributed by atoms with Crippen LogP contribution in [-0.4, -0.2) is 27.9 Å². The van der Waals surface area contributed by atoms with Crippen LogP contribution >= 0.6 is 0 Å². The normalized spacial score (nSPS) is 30.9. The molecule has 4 heteroatoms. The van der Waals surface area contributed by atoms with E-state index in [0.717, 1.165) is 12.0 Å². The van der Waals surface area contributed by atoms with Crippen molar-refractivity contribution in [2.45, 2.75) is 51.7 Å². The van der Waals surface area contributed by atoms with Crippen LogP contribution in [0.1, 0.15) is 38.7 Å². The third kappa shape index (κ3) is 2.69. The molecule has 4 atom stereocenters. The Bertz CT molecular complexity index is 500. The summed E-state index contributed by atoms with van der Waals surface area (Å²) in [5, 5.41) is 0. The van der Waals surface area contributed by atoms with E-state index in [4.69, 9.17) is 5.73 Å². The van der Waals surface area contributed by atoms with Gasteiger partial charge in [-0.25, -0.2) is 0 Å². The third-order valence-corrected chi connectivity index (χ3v) is 5.25. The molecule has 1 aromatic heterocycles. The van der Waals surface area contributed by atoms with E-state index in [9.17, 15) is 4.79 Å². The molecule has 21 heavy (non-hydrogen) atoms. The fourth-order valence-electron chi connectivity index (χ4n) is 4.10. The van der Waals surface area contributed by atoms with Gasteiger partial charge in [-0.15, -0.1) is 0 Å². The first-order chi connectivity index (χ1) is 10.1. The maximum absolute atomic E-state index is 13.0. The molecule has 2 aliphatic rings. The molecular weight excluding hydrogens is 262 g/mol. The van der Waals surface area contributed by atoms with E-state index in [1.807, 2.05) is 23.2 Å². The quantitative estimate of drug-likeness (QED) is 0.923. The molecule has 2 bridgehead atoms. The second-order valence-electron chi connectivity index (χ2n) is 6.86. The van der Waals surface area contributed by atoms with Gasteiger partial charge in [0.15, 0.2) is 0 Å². The average Bonchev–Trinajstić information content (AvgIpc) is 3.06. The van der Waals surface area contributed by atoms with Crippen molar-refractivity contribution in [2.75, 3.05) is 0 Å². The largest absolute Gasteiger partial charge is 0.336 e. The van der Waals surface area contributed by atoms with E-state index in [2.05, 4.69) is 18.8 Å². The molecule has 0 aliphatic heterocycles. The Morgan fingerprint density at radius 1 is 1.43 bits per heavy atom. The number of aromatic nitrogens is 1. The number of amides is 1. The summed E-state index contributed by atoms with van der Waals surface area (Å²) < 4.78 is 0. The Morgan fingerprint density at radius 2 is 2.19 bits per heavy atom. The van der Waals surface area contributed by atoms with E-state index in [-0.39, 0.29) is 23.9 Å². The molecule has 2 fully saturated rings. The summed E-state index contributed by atoms with van der Waals surface area (Å²) in [6.45, 7) is 4.78. The number of fused-ring (bicyclic) bond motifs is 2. The van der Waals surface area contributed by atoms with Gasteiger partial charge in [0, 0.05) is 31.0 Å². The Balaban J connectivity index is 1.76. The van der Waals surface area contributed by atoms with E-state index >= 15 is 0 Å². The summed E-state index contributed by atoms with van der Waals surface area (Å²) in [5.74, 6) is 1.35. The van der Waals surface area contributed by atoms with Gasteiger partial charge in [-0.1, -0.05) is 6.07 Å². The maximum Gasteiger partial charge on any atom is 0.228 e. The minimum Gasteiger partial charge on any atom is -0.336 e. The number of carbonyl (C=O) groups excluding carboxylic acids is 1. The minimum atomic E-state index is 0.0304. The van der Waals surface area contributed by atoms with Gasteiger partial charge in [-0.05, 0) is 56.6 Å². The van der Waals surface area contributed by atoms with Gasteiger partial charge in [-0.2, -0.15) is 0 Å². The molecule has 4 unspecified atom stereocenters. The van der Waals surface area contributed by atoms with E-state index < -0.39 is 0 Å². The summed E-state index contributed by atoms with van der Waals surface area (Å²) in [6, 6.07) is 4.19. The second kappa shape index (κ2) is 5.76. The number of nitrogens with two attached hydrogens (primary N) is 1. The molecule has 1 heterocycles. The first kappa shape index (κ1) is 14.5. The van der Waals surface area contributed by atoms with Gasteiger partial charge >= 0.3 is 0 Å². The van der Waals surface area contributed by atoms with Crippen molar-refractivity contribution < 1.29 is 4.79 Å². The van der Waals surface area contributed by atoms with Crippen molar-refractivity contribution in [3.63, 3.8) is 0 Å². The van der Waals surface area contributed by atoms with Crippen molar-refractivity contribution in [1.82, 2.24) is 9.88 Å². The Labute approximate surface area is 126 Å². The number of rotatable bonds is 4. The summed E-state index contributed by atoms with van der Waals surface area (Å²) in [7, 11) is 0. The second-order valence-corrected chi connectivity index (χ2v) is 6.86. The fourth-order valence-corrected chi connectivity index (χ4v) is 4.10. The Hall–Kier alpha value is -1.42. The standard InChI is InChI=1S/C17H25N3O/c1-11(2)20(10-12-4-3-7-19-9-12)17(21)15-13-5-6-14(8-13)16(15)18/h3-4,7,9,11,13-16H,5-6,8,10,18H2,1-2H3. The zero-order chi connectivity index (χ0) is 15.0. The average molecular weight is 287 g/mol. The highest BCUT2D eigenvalue weighted by Gasteiger charge is 2.50. The highest BCUT2D eigenvalue weighted by Crippen LogP contribution is 2.48. The molecule has 4 nitrogen and oxygen atoms in total. The molecule has 1 aromatic rings. The fraction of sp³-hybridized carbons (Fsp3) is 0.647. The van der Waals surface area contributed by atoms with Crippen LogP contribution in [0.2, 0.25) is 0 Å². The van der Waals surface area contributed by atoms with Gasteiger partial charge in [-0.3, -0.25) is 9.78 Å². The van der Waals surface area contributed by atoms with E-state index in [0.29, 0.717) is 18.4 Å². The molecule has 3 rings (SSSR count). The highest BCUT2D eigenvalue weighted by molar-refractivity contribution is 5.81. The van der Waals surface area contributed by atoms with Crippen LogP contribution in [-0.2, 0) is 11.3 Å². The molecular formula is C17H25N3O. The van der Waals surface area contributed by atoms with Crippen molar-refractivity contribution in [1.29, 1.82) is 0 Å². The predicted octanol–water partition coefficient (Wildman–Crippen LogP) is 2.19. The van der Waals surface area contributed by atoms with Crippen LogP contribution in [0.15, 0.2) is 24.5 Å². The number of hydrogen-bond donors (Lipinski definition) is 1. The molecule has 1 amide bonds. The molecule has 2 N–H and O–H groups in total. The molecule has 114 valence electrons. The molecule has 0 spiro atoms. The van der Waals surface area contributed by atoms with Gasteiger partial charge in [0.1, 0.15) is 0 Å². The summed E-state index contributed by atoms with van der Waals surface area (Å²) in [5.41, 5.74) is 7.42. The Kier molecular flexibility index (Phi) is 3.98. The van der Waals surface area contributed by atoms with Crippen molar-refractivity contribution in [3.8, 4) is 0 Å². The lowest BCUT2D eigenvalue weighted by atomic mass is 9.83. The first-order valence-corrected chi connectivity index (χ1v) is 8.03. The molecule has 0 saturated heterocycles. The number of hydrogen-bond acceptors (Lipinski definition) is 3. The lowest BCUT2D eigenvalue weighted by Crippen LogP contribution is -2.48. The predicted molar refractivity (Wildman–Crippen MR) is 82.2 cm³/mol. The maximum atomic E-state index is 13.0. The van der Waals surface area contributed by atoms with Crippen LogP contribution < -0.4 is 5.73 Å². The van der Waals surface area contributed by atoms with Gasteiger partial charge in [0.05, 0.1) is 5.92 Å². The molecule has 2 saturated carbocycles. The van der Waals surface area contributed by atoms with Crippen LogP contribution in [0.4, 0.5) is 0 Å². The van der Waals surface area contributed by atoms with Crippen LogP contribution in [0.5, 0.6) is 0 Å². The summed E-state index contributed by atoms with van der Waals surface area (Å²) in [4.78, 5) is 19.1. The zero-order valence-electron chi connectivity index (χ0n) is 12.9. The van der Waals surface area contributed by atoms with Crippen LogP contribution in [0, 0.1) is 17.8 Å². The monoisotopic (exact) mass is 287 g/mol. The van der Waals surface area contributed by atoms with Gasteiger partial charge in [0.25, 0.3) is 0 Å². The topological polar surface area (TPSA) is 59.2 Å². The van der Waals surface area contributed by atoms with E-state index in [1.54, 1.807) is 6.20 Å². The van der Waals surface area contributed by atoms with Gasteiger partial charge in [0.2, 0.25) is 5.91 Å². The number of nitrogens with zero attached hydrogens (tertiary/aromatic N) is 2. The van der Waals surface area contributed by atoms with Crippen molar-refractivity contribution >= 4 is 5.91 Å².